The molecule has 2 rings (SSSR count). The van der Waals surface area contributed by atoms with Crippen LogP contribution in [0.3, 0.4) is 0 Å². The summed E-state index contributed by atoms with van der Waals surface area (Å²) in [6.07, 6.45) is 0. The van der Waals surface area contributed by atoms with E-state index in [1.807, 2.05) is 36.4 Å². The Hall–Kier alpha value is -1.47. The first-order chi connectivity index (χ1) is 9.22. The zero-order valence-electron chi connectivity index (χ0n) is 10.1. The smallest absolute Gasteiger partial charge is 0.100 e. The number of thioether (sulfide) groups is 1. The zero-order chi connectivity index (χ0) is 13.7. The fourth-order valence-corrected chi connectivity index (χ4v) is 2.70. The van der Waals surface area contributed by atoms with Gasteiger partial charge >= 0.3 is 0 Å². The van der Waals surface area contributed by atoms with Crippen LogP contribution < -0.4 is 0 Å². The minimum Gasteiger partial charge on any atom is -0.392 e. The maximum absolute atomic E-state index is 9.11. The number of benzene rings is 2. The number of nitriles is 1. The van der Waals surface area contributed by atoms with E-state index < -0.39 is 0 Å². The van der Waals surface area contributed by atoms with Crippen LogP contribution in [0.5, 0.6) is 0 Å². The standard InChI is InChI=1S/C15H12ClNOS/c16-14-4-1-11(2-5-14)10-19-15-6-3-12(9-18)7-13(15)8-17/h1-7,18H,9-10H2. The molecule has 0 aromatic heterocycles. The van der Waals surface area contributed by atoms with Crippen molar-refractivity contribution < 1.29 is 5.11 Å². The van der Waals surface area contributed by atoms with E-state index in [0.717, 1.165) is 26.8 Å². The molecule has 2 aromatic rings. The summed E-state index contributed by atoms with van der Waals surface area (Å²) in [7, 11) is 0. The monoisotopic (exact) mass is 289 g/mol. The third-order valence-electron chi connectivity index (χ3n) is 2.65. The summed E-state index contributed by atoms with van der Waals surface area (Å²) in [5.41, 5.74) is 2.52. The first-order valence-electron chi connectivity index (χ1n) is 5.74. The van der Waals surface area contributed by atoms with Gasteiger partial charge in [0.2, 0.25) is 0 Å². The van der Waals surface area contributed by atoms with Crippen molar-refractivity contribution in [1.82, 2.24) is 0 Å². The number of aliphatic hydroxyl groups is 1. The van der Waals surface area contributed by atoms with Crippen molar-refractivity contribution in [2.45, 2.75) is 17.3 Å². The highest BCUT2D eigenvalue weighted by Crippen LogP contribution is 2.27. The molecule has 2 nitrogen and oxygen atoms in total. The SMILES string of the molecule is N#Cc1cc(CO)ccc1SCc1ccc(Cl)cc1. The summed E-state index contributed by atoms with van der Waals surface area (Å²) in [5.74, 6) is 0.782. The van der Waals surface area contributed by atoms with Gasteiger partial charge in [0.05, 0.1) is 12.2 Å². The van der Waals surface area contributed by atoms with Crippen LogP contribution in [-0.2, 0) is 12.4 Å². The lowest BCUT2D eigenvalue weighted by Crippen LogP contribution is -1.88. The van der Waals surface area contributed by atoms with Gasteiger partial charge in [-0.05, 0) is 35.4 Å². The van der Waals surface area contributed by atoms with Gasteiger partial charge in [0.25, 0.3) is 0 Å². The largest absolute Gasteiger partial charge is 0.392 e. The Morgan fingerprint density at radius 1 is 1.11 bits per heavy atom. The Labute approximate surface area is 121 Å². The Morgan fingerprint density at radius 2 is 1.79 bits per heavy atom. The lowest BCUT2D eigenvalue weighted by Gasteiger charge is -2.06. The molecule has 2 aromatic carbocycles. The highest BCUT2D eigenvalue weighted by atomic mass is 35.5. The van der Waals surface area contributed by atoms with Crippen molar-refractivity contribution in [2.75, 3.05) is 0 Å². The molecular formula is C15H12ClNOS. The van der Waals surface area contributed by atoms with Gasteiger partial charge < -0.3 is 5.11 Å². The molecule has 4 heteroatoms. The molecule has 0 fully saturated rings. The van der Waals surface area contributed by atoms with Gasteiger partial charge in [-0.25, -0.2) is 0 Å². The third kappa shape index (κ3) is 3.74. The van der Waals surface area contributed by atoms with E-state index in [2.05, 4.69) is 6.07 Å². The Kier molecular flexibility index (Phi) is 4.86. The second kappa shape index (κ2) is 6.63. The first-order valence-corrected chi connectivity index (χ1v) is 7.10. The second-order valence-corrected chi connectivity index (χ2v) is 5.47. The van der Waals surface area contributed by atoms with E-state index in [4.69, 9.17) is 22.0 Å². The van der Waals surface area contributed by atoms with Gasteiger partial charge in [0.15, 0.2) is 0 Å². The van der Waals surface area contributed by atoms with Crippen molar-refractivity contribution in [1.29, 1.82) is 5.26 Å². The molecule has 0 radical (unpaired) electrons. The van der Waals surface area contributed by atoms with Gasteiger partial charge in [-0.15, -0.1) is 11.8 Å². The van der Waals surface area contributed by atoms with Crippen LogP contribution in [0, 0.1) is 11.3 Å². The maximum Gasteiger partial charge on any atom is 0.100 e. The van der Waals surface area contributed by atoms with Crippen LogP contribution in [0.1, 0.15) is 16.7 Å². The summed E-state index contributed by atoms with van der Waals surface area (Å²) in [6, 6.07) is 15.3. The van der Waals surface area contributed by atoms with Crippen molar-refractivity contribution in [3.8, 4) is 6.07 Å². The Morgan fingerprint density at radius 3 is 2.42 bits per heavy atom. The summed E-state index contributed by atoms with van der Waals surface area (Å²) < 4.78 is 0. The predicted molar refractivity (Wildman–Crippen MR) is 78.1 cm³/mol. The van der Waals surface area contributed by atoms with E-state index in [-0.39, 0.29) is 6.61 Å². The Bertz CT molecular complexity index is 605. The van der Waals surface area contributed by atoms with Crippen molar-refractivity contribution in [3.05, 3.63) is 64.2 Å². The molecule has 0 aliphatic heterocycles. The second-order valence-electron chi connectivity index (χ2n) is 4.02. The van der Waals surface area contributed by atoms with Crippen molar-refractivity contribution >= 4 is 23.4 Å². The van der Waals surface area contributed by atoms with E-state index in [1.54, 1.807) is 17.8 Å². The summed E-state index contributed by atoms with van der Waals surface area (Å²) >= 11 is 7.44. The van der Waals surface area contributed by atoms with Crippen LogP contribution in [-0.4, -0.2) is 5.11 Å². The molecule has 0 saturated carbocycles. The van der Waals surface area contributed by atoms with Gasteiger partial charge in [-0.2, -0.15) is 5.26 Å². The molecule has 0 atom stereocenters. The predicted octanol–water partition coefficient (Wildman–Crippen LogP) is 4.00. The van der Waals surface area contributed by atoms with E-state index in [0.29, 0.717) is 5.56 Å². The van der Waals surface area contributed by atoms with E-state index >= 15 is 0 Å². The minimum atomic E-state index is -0.0448. The molecule has 0 aliphatic carbocycles. The number of hydrogen-bond donors (Lipinski definition) is 1. The molecule has 0 spiro atoms. The molecule has 0 amide bonds. The average Bonchev–Trinajstić information content (AvgIpc) is 2.46. The molecule has 0 bridgehead atoms. The molecule has 0 aliphatic rings. The lowest BCUT2D eigenvalue weighted by atomic mass is 10.1. The summed E-state index contributed by atoms with van der Waals surface area (Å²) in [4.78, 5) is 0.926. The number of nitrogens with zero attached hydrogens (tertiary/aromatic N) is 1. The fourth-order valence-electron chi connectivity index (χ4n) is 1.63. The normalized spacial score (nSPS) is 10.2. The number of rotatable bonds is 4. The molecule has 96 valence electrons. The molecule has 1 N–H and O–H groups in total. The van der Waals surface area contributed by atoms with E-state index in [9.17, 15) is 0 Å². The number of aliphatic hydroxyl groups excluding tert-OH is 1. The van der Waals surface area contributed by atoms with Crippen LogP contribution in [0.25, 0.3) is 0 Å². The van der Waals surface area contributed by atoms with Crippen molar-refractivity contribution in [3.63, 3.8) is 0 Å². The van der Waals surface area contributed by atoms with Gasteiger partial charge in [0, 0.05) is 15.7 Å². The average molecular weight is 290 g/mol. The van der Waals surface area contributed by atoms with Gasteiger partial charge in [0.1, 0.15) is 6.07 Å². The highest BCUT2D eigenvalue weighted by molar-refractivity contribution is 7.98. The van der Waals surface area contributed by atoms with Crippen LogP contribution in [0.15, 0.2) is 47.4 Å². The van der Waals surface area contributed by atoms with E-state index in [1.165, 1.54) is 0 Å². The van der Waals surface area contributed by atoms with Gasteiger partial charge in [-0.1, -0.05) is 29.8 Å². The summed E-state index contributed by atoms with van der Waals surface area (Å²) in [5, 5.41) is 18.9. The molecule has 0 unspecified atom stereocenters. The molecule has 0 heterocycles. The van der Waals surface area contributed by atoms with Crippen LogP contribution >= 0.6 is 23.4 Å². The van der Waals surface area contributed by atoms with Gasteiger partial charge in [-0.3, -0.25) is 0 Å². The number of hydrogen-bond acceptors (Lipinski definition) is 3. The lowest BCUT2D eigenvalue weighted by molar-refractivity contribution is 0.281. The topological polar surface area (TPSA) is 44.0 Å². The van der Waals surface area contributed by atoms with Crippen LogP contribution in [0.4, 0.5) is 0 Å². The first kappa shape index (κ1) is 14.0. The zero-order valence-corrected chi connectivity index (χ0v) is 11.7. The minimum absolute atomic E-state index is 0.0448. The highest BCUT2D eigenvalue weighted by Gasteiger charge is 2.04. The molecular weight excluding hydrogens is 278 g/mol. The maximum atomic E-state index is 9.11. The Balaban J connectivity index is 2.11. The number of halogens is 1. The quantitative estimate of drug-likeness (QED) is 0.865. The van der Waals surface area contributed by atoms with Crippen molar-refractivity contribution in [2.24, 2.45) is 0 Å². The molecule has 0 saturated heterocycles. The van der Waals surface area contributed by atoms with Crippen LogP contribution in [0.2, 0.25) is 5.02 Å². The summed E-state index contributed by atoms with van der Waals surface area (Å²) in [6.45, 7) is -0.0448. The third-order valence-corrected chi connectivity index (χ3v) is 4.05. The molecule has 19 heavy (non-hydrogen) atoms. The fraction of sp³-hybridized carbons (Fsp3) is 0.133.